The molecule has 1 aromatic carbocycles. The Balaban J connectivity index is 1.55. The summed E-state index contributed by atoms with van der Waals surface area (Å²) in [5.41, 5.74) is 1.59. The Morgan fingerprint density at radius 2 is 1.77 bits per heavy atom. The molecule has 5 nitrogen and oxygen atoms in total. The molecule has 1 aromatic rings. The van der Waals surface area contributed by atoms with Crippen LogP contribution in [-0.4, -0.2) is 47.9 Å². The van der Waals surface area contributed by atoms with Crippen molar-refractivity contribution >= 4 is 28.8 Å². The van der Waals surface area contributed by atoms with Crippen LogP contribution in [0.15, 0.2) is 24.3 Å². The van der Waals surface area contributed by atoms with Gasteiger partial charge in [-0.3, -0.25) is 4.79 Å². The van der Waals surface area contributed by atoms with E-state index in [1.54, 1.807) is 19.1 Å². The highest BCUT2D eigenvalue weighted by molar-refractivity contribution is 7.80. The second-order valence-corrected chi connectivity index (χ2v) is 6.05. The van der Waals surface area contributed by atoms with Gasteiger partial charge in [-0.25, -0.2) is 0 Å². The van der Waals surface area contributed by atoms with E-state index in [1.165, 1.54) is 0 Å². The number of rotatable bonds is 2. The molecule has 2 heterocycles. The number of carbonyl (C=O) groups is 1. The van der Waals surface area contributed by atoms with Crippen molar-refractivity contribution in [2.75, 3.05) is 31.6 Å². The van der Waals surface area contributed by atoms with Crippen molar-refractivity contribution in [2.24, 2.45) is 0 Å². The van der Waals surface area contributed by atoms with Crippen LogP contribution in [0.5, 0.6) is 0 Å². The maximum absolute atomic E-state index is 11.3. The highest BCUT2D eigenvalue weighted by Crippen LogP contribution is 2.31. The SMILES string of the molecule is CC(=O)c1ccc(NC(=S)N2CCC3(CC2)OCCO3)cc1. The number of thiocarbonyl (C=S) groups is 1. The van der Waals surface area contributed by atoms with E-state index in [4.69, 9.17) is 21.7 Å². The van der Waals surface area contributed by atoms with E-state index in [0.29, 0.717) is 23.9 Å². The molecule has 1 N–H and O–H groups in total. The average molecular weight is 320 g/mol. The Bertz CT molecular complexity index is 557. The van der Waals surface area contributed by atoms with Gasteiger partial charge in [0.1, 0.15) is 0 Å². The normalized spacial score (nSPS) is 20.1. The van der Waals surface area contributed by atoms with Gasteiger partial charge in [0.05, 0.1) is 13.2 Å². The zero-order chi connectivity index (χ0) is 15.6. The second-order valence-electron chi connectivity index (χ2n) is 5.66. The fourth-order valence-corrected chi connectivity index (χ4v) is 3.13. The van der Waals surface area contributed by atoms with Gasteiger partial charge in [0, 0.05) is 37.2 Å². The van der Waals surface area contributed by atoms with Crippen LogP contribution in [0.2, 0.25) is 0 Å². The fourth-order valence-electron chi connectivity index (χ4n) is 2.83. The quantitative estimate of drug-likeness (QED) is 0.667. The van der Waals surface area contributed by atoms with Crippen LogP contribution in [0.25, 0.3) is 0 Å². The predicted molar refractivity (Wildman–Crippen MR) is 88.1 cm³/mol. The van der Waals surface area contributed by atoms with Gasteiger partial charge in [0.2, 0.25) is 0 Å². The zero-order valence-electron chi connectivity index (χ0n) is 12.6. The number of likely N-dealkylation sites (tertiary alicyclic amines) is 1. The molecule has 0 radical (unpaired) electrons. The summed E-state index contributed by atoms with van der Waals surface area (Å²) in [4.78, 5) is 13.4. The summed E-state index contributed by atoms with van der Waals surface area (Å²) in [6.45, 7) is 4.56. The molecule has 2 aliphatic heterocycles. The summed E-state index contributed by atoms with van der Waals surface area (Å²) in [5, 5.41) is 3.92. The molecule has 0 saturated carbocycles. The zero-order valence-corrected chi connectivity index (χ0v) is 13.4. The van der Waals surface area contributed by atoms with Crippen molar-refractivity contribution in [2.45, 2.75) is 25.6 Å². The summed E-state index contributed by atoms with van der Waals surface area (Å²) >= 11 is 5.47. The summed E-state index contributed by atoms with van der Waals surface area (Å²) in [6.07, 6.45) is 1.66. The van der Waals surface area contributed by atoms with E-state index in [-0.39, 0.29) is 11.6 Å². The molecule has 0 aromatic heterocycles. The number of piperidine rings is 1. The van der Waals surface area contributed by atoms with Gasteiger partial charge < -0.3 is 19.7 Å². The van der Waals surface area contributed by atoms with Gasteiger partial charge >= 0.3 is 0 Å². The third-order valence-electron chi connectivity index (χ3n) is 4.17. The molecule has 0 atom stereocenters. The minimum Gasteiger partial charge on any atom is -0.349 e. The number of ketones is 1. The van der Waals surface area contributed by atoms with E-state index < -0.39 is 0 Å². The third-order valence-corrected chi connectivity index (χ3v) is 4.53. The van der Waals surface area contributed by atoms with Crippen LogP contribution < -0.4 is 5.32 Å². The lowest BCUT2D eigenvalue weighted by molar-refractivity contribution is -0.180. The largest absolute Gasteiger partial charge is 0.349 e. The molecular formula is C16H20N2O3S. The minimum absolute atomic E-state index is 0.0621. The first-order valence-corrected chi connectivity index (χ1v) is 7.94. The van der Waals surface area contributed by atoms with Crippen molar-refractivity contribution in [3.05, 3.63) is 29.8 Å². The maximum Gasteiger partial charge on any atom is 0.173 e. The number of nitrogens with zero attached hydrogens (tertiary/aromatic N) is 1. The van der Waals surface area contributed by atoms with Gasteiger partial charge in [-0.15, -0.1) is 0 Å². The summed E-state index contributed by atoms with van der Waals surface area (Å²) in [5.74, 6) is -0.318. The molecule has 0 aliphatic carbocycles. The molecule has 3 rings (SSSR count). The number of hydrogen-bond donors (Lipinski definition) is 1. The Labute approximate surface area is 135 Å². The average Bonchev–Trinajstić information content (AvgIpc) is 2.96. The number of Topliss-reactive ketones (excluding diaryl/α,β-unsaturated/α-hetero) is 1. The standard InChI is InChI=1S/C16H20N2O3S/c1-12(19)13-2-4-14(5-3-13)17-15(22)18-8-6-16(7-9-18)20-10-11-21-16/h2-5H,6-11H2,1H3,(H,17,22). The first kappa shape index (κ1) is 15.4. The summed E-state index contributed by atoms with van der Waals surface area (Å²) < 4.78 is 11.4. The molecular weight excluding hydrogens is 300 g/mol. The minimum atomic E-state index is -0.380. The number of carbonyl (C=O) groups excluding carboxylic acids is 1. The van der Waals surface area contributed by atoms with E-state index in [9.17, 15) is 4.79 Å². The van der Waals surface area contributed by atoms with E-state index in [0.717, 1.165) is 31.6 Å². The lowest BCUT2D eigenvalue weighted by Gasteiger charge is -2.38. The number of anilines is 1. The van der Waals surface area contributed by atoms with Gasteiger partial charge in [-0.05, 0) is 43.4 Å². The molecule has 2 fully saturated rings. The number of nitrogens with one attached hydrogen (secondary N) is 1. The molecule has 0 unspecified atom stereocenters. The molecule has 2 saturated heterocycles. The van der Waals surface area contributed by atoms with Gasteiger partial charge in [0.25, 0.3) is 0 Å². The van der Waals surface area contributed by atoms with Crippen molar-refractivity contribution in [1.82, 2.24) is 4.90 Å². The number of benzene rings is 1. The number of hydrogen-bond acceptors (Lipinski definition) is 4. The summed E-state index contributed by atoms with van der Waals surface area (Å²) in [6, 6.07) is 7.35. The highest BCUT2D eigenvalue weighted by atomic mass is 32.1. The smallest absolute Gasteiger partial charge is 0.173 e. The lowest BCUT2D eigenvalue weighted by atomic mass is 10.0. The molecule has 6 heteroatoms. The van der Waals surface area contributed by atoms with E-state index in [1.807, 2.05) is 12.1 Å². The van der Waals surface area contributed by atoms with Crippen LogP contribution in [0.1, 0.15) is 30.1 Å². The molecule has 1 spiro atoms. The predicted octanol–water partition coefficient (Wildman–Crippen LogP) is 2.42. The van der Waals surface area contributed by atoms with Crippen molar-refractivity contribution in [3.63, 3.8) is 0 Å². The van der Waals surface area contributed by atoms with Crippen LogP contribution in [-0.2, 0) is 9.47 Å². The second kappa shape index (κ2) is 6.32. The van der Waals surface area contributed by atoms with E-state index >= 15 is 0 Å². The van der Waals surface area contributed by atoms with Gasteiger partial charge in [-0.1, -0.05) is 0 Å². The Kier molecular flexibility index (Phi) is 4.42. The molecule has 118 valence electrons. The molecule has 22 heavy (non-hydrogen) atoms. The molecule has 2 aliphatic rings. The first-order chi connectivity index (χ1) is 10.6. The topological polar surface area (TPSA) is 50.8 Å². The van der Waals surface area contributed by atoms with Crippen molar-refractivity contribution < 1.29 is 14.3 Å². The Morgan fingerprint density at radius 3 is 2.32 bits per heavy atom. The van der Waals surface area contributed by atoms with Crippen LogP contribution in [0, 0.1) is 0 Å². The Hall–Kier alpha value is -1.50. The molecule has 0 bridgehead atoms. The number of ether oxygens (including phenoxy) is 2. The highest BCUT2D eigenvalue weighted by Gasteiger charge is 2.40. The molecule has 0 amide bonds. The van der Waals surface area contributed by atoms with E-state index in [2.05, 4.69) is 10.2 Å². The van der Waals surface area contributed by atoms with Crippen molar-refractivity contribution in [3.8, 4) is 0 Å². The maximum atomic E-state index is 11.3. The van der Waals surface area contributed by atoms with Crippen LogP contribution >= 0.6 is 12.2 Å². The van der Waals surface area contributed by atoms with Crippen LogP contribution in [0.3, 0.4) is 0 Å². The van der Waals surface area contributed by atoms with Gasteiger partial charge in [-0.2, -0.15) is 0 Å². The first-order valence-electron chi connectivity index (χ1n) is 7.53. The lowest BCUT2D eigenvalue weighted by Crippen LogP contribution is -2.48. The summed E-state index contributed by atoms with van der Waals surface area (Å²) in [7, 11) is 0. The van der Waals surface area contributed by atoms with Crippen molar-refractivity contribution in [1.29, 1.82) is 0 Å². The fraction of sp³-hybridized carbons (Fsp3) is 0.500. The van der Waals surface area contributed by atoms with Crippen LogP contribution in [0.4, 0.5) is 5.69 Å². The monoisotopic (exact) mass is 320 g/mol. The third kappa shape index (κ3) is 3.29. The Morgan fingerprint density at radius 1 is 1.18 bits per heavy atom. The van der Waals surface area contributed by atoms with Gasteiger partial charge in [0.15, 0.2) is 16.7 Å².